The van der Waals surface area contributed by atoms with Gasteiger partial charge in [0.1, 0.15) is 6.54 Å². The molecule has 0 atom stereocenters. The highest BCUT2D eigenvalue weighted by atomic mass is 35.5. The van der Waals surface area contributed by atoms with E-state index in [9.17, 15) is 9.59 Å². The Morgan fingerprint density at radius 1 is 1.08 bits per heavy atom. The second kappa shape index (κ2) is 8.14. The van der Waals surface area contributed by atoms with Crippen LogP contribution in [0.15, 0.2) is 42.7 Å². The van der Waals surface area contributed by atoms with E-state index in [2.05, 4.69) is 9.97 Å². The van der Waals surface area contributed by atoms with Gasteiger partial charge in [0.2, 0.25) is 17.8 Å². The Bertz CT molecular complexity index is 778. The van der Waals surface area contributed by atoms with E-state index in [0.29, 0.717) is 42.8 Å². The average molecular weight is 374 g/mol. The predicted octanol–water partition coefficient (Wildman–Crippen LogP) is 1.83. The van der Waals surface area contributed by atoms with Crippen molar-refractivity contribution in [2.75, 3.05) is 42.5 Å². The lowest BCUT2D eigenvalue weighted by molar-refractivity contribution is -0.131. The molecule has 0 saturated carbocycles. The van der Waals surface area contributed by atoms with Gasteiger partial charge < -0.3 is 14.7 Å². The molecule has 1 aliphatic rings. The number of piperazine rings is 1. The van der Waals surface area contributed by atoms with Gasteiger partial charge in [0.15, 0.2) is 0 Å². The third-order valence-electron chi connectivity index (χ3n) is 4.28. The maximum absolute atomic E-state index is 12.7. The third kappa shape index (κ3) is 4.11. The number of benzene rings is 1. The molecule has 1 aliphatic heterocycles. The number of hydrogen-bond donors (Lipinski definition) is 0. The van der Waals surface area contributed by atoms with Crippen LogP contribution < -0.4 is 9.80 Å². The van der Waals surface area contributed by atoms with Crippen LogP contribution >= 0.6 is 11.6 Å². The van der Waals surface area contributed by atoms with E-state index in [1.54, 1.807) is 47.6 Å². The number of para-hydroxylation sites is 1. The van der Waals surface area contributed by atoms with Crippen molar-refractivity contribution in [3.05, 3.63) is 47.7 Å². The van der Waals surface area contributed by atoms with Crippen LogP contribution in [0.1, 0.15) is 6.92 Å². The van der Waals surface area contributed by atoms with Gasteiger partial charge in [0, 0.05) is 45.5 Å². The standard InChI is InChI=1S/C18H20ClN5O2/c1-14(25)24(16-6-3-2-5-15(16)19)13-17(26)22-9-11-23(12-10-22)18-20-7-4-8-21-18/h2-8H,9-13H2,1H3. The topological polar surface area (TPSA) is 69.6 Å². The van der Waals surface area contributed by atoms with E-state index in [1.165, 1.54) is 11.8 Å². The first-order valence-corrected chi connectivity index (χ1v) is 8.76. The molecule has 1 aromatic carbocycles. The lowest BCUT2D eigenvalue weighted by Gasteiger charge is -2.35. The number of halogens is 1. The summed E-state index contributed by atoms with van der Waals surface area (Å²) in [4.78, 5) is 38.4. The molecule has 1 saturated heterocycles. The Kier molecular flexibility index (Phi) is 5.68. The van der Waals surface area contributed by atoms with E-state index in [-0.39, 0.29) is 18.4 Å². The molecule has 0 aliphatic carbocycles. The largest absolute Gasteiger partial charge is 0.338 e. The van der Waals surface area contributed by atoms with Crippen molar-refractivity contribution in [3.8, 4) is 0 Å². The minimum Gasteiger partial charge on any atom is -0.338 e. The van der Waals surface area contributed by atoms with Gasteiger partial charge in [0.25, 0.3) is 0 Å². The summed E-state index contributed by atoms with van der Waals surface area (Å²) in [5.74, 6) is 0.345. The first-order chi connectivity index (χ1) is 12.6. The van der Waals surface area contributed by atoms with Crippen molar-refractivity contribution in [1.29, 1.82) is 0 Å². The van der Waals surface area contributed by atoms with Gasteiger partial charge >= 0.3 is 0 Å². The van der Waals surface area contributed by atoms with Crippen LogP contribution in [0.5, 0.6) is 0 Å². The van der Waals surface area contributed by atoms with Crippen molar-refractivity contribution in [2.45, 2.75) is 6.92 Å². The Labute approximate surface area is 157 Å². The van der Waals surface area contributed by atoms with Crippen LogP contribution in [-0.2, 0) is 9.59 Å². The third-order valence-corrected chi connectivity index (χ3v) is 4.60. The molecule has 0 spiro atoms. The zero-order valence-electron chi connectivity index (χ0n) is 14.5. The number of rotatable bonds is 4. The number of aromatic nitrogens is 2. The number of hydrogen-bond acceptors (Lipinski definition) is 5. The minimum atomic E-state index is -0.220. The molecule has 8 heteroatoms. The molecule has 1 fully saturated rings. The van der Waals surface area contributed by atoms with E-state index < -0.39 is 0 Å². The molecular formula is C18H20ClN5O2. The molecule has 2 heterocycles. The molecule has 3 rings (SSSR count). The monoisotopic (exact) mass is 373 g/mol. The van der Waals surface area contributed by atoms with Crippen LogP contribution in [0, 0.1) is 0 Å². The number of amides is 2. The fourth-order valence-corrected chi connectivity index (χ4v) is 3.12. The summed E-state index contributed by atoms with van der Waals surface area (Å²) in [6.45, 7) is 3.84. The average Bonchev–Trinajstić information content (AvgIpc) is 2.67. The van der Waals surface area contributed by atoms with E-state index >= 15 is 0 Å². The van der Waals surface area contributed by atoms with Crippen molar-refractivity contribution in [1.82, 2.24) is 14.9 Å². The molecule has 0 N–H and O–H groups in total. The summed E-state index contributed by atoms with van der Waals surface area (Å²) in [5.41, 5.74) is 0.548. The summed E-state index contributed by atoms with van der Waals surface area (Å²) in [5, 5.41) is 0.446. The molecule has 0 radical (unpaired) electrons. The molecule has 1 aromatic heterocycles. The molecular weight excluding hydrogens is 354 g/mol. The lowest BCUT2D eigenvalue weighted by atomic mass is 10.2. The first-order valence-electron chi connectivity index (χ1n) is 8.38. The Morgan fingerprint density at radius 2 is 1.73 bits per heavy atom. The normalized spacial score (nSPS) is 14.2. The maximum atomic E-state index is 12.7. The number of carbonyl (C=O) groups excluding carboxylic acids is 2. The minimum absolute atomic E-state index is 0.0269. The van der Waals surface area contributed by atoms with Gasteiger partial charge in [-0.25, -0.2) is 9.97 Å². The summed E-state index contributed by atoms with van der Waals surface area (Å²) in [6, 6.07) is 8.79. The molecule has 26 heavy (non-hydrogen) atoms. The highest BCUT2D eigenvalue weighted by Gasteiger charge is 2.25. The van der Waals surface area contributed by atoms with Gasteiger partial charge in [-0.1, -0.05) is 23.7 Å². The second-order valence-corrected chi connectivity index (χ2v) is 6.38. The van der Waals surface area contributed by atoms with Gasteiger partial charge in [0.05, 0.1) is 10.7 Å². The van der Waals surface area contributed by atoms with Crippen LogP contribution in [0.2, 0.25) is 5.02 Å². The van der Waals surface area contributed by atoms with Gasteiger partial charge in [-0.15, -0.1) is 0 Å². The van der Waals surface area contributed by atoms with Crippen molar-refractivity contribution in [3.63, 3.8) is 0 Å². The van der Waals surface area contributed by atoms with Crippen LogP contribution in [0.3, 0.4) is 0 Å². The van der Waals surface area contributed by atoms with Gasteiger partial charge in [-0.05, 0) is 18.2 Å². The quantitative estimate of drug-likeness (QED) is 0.817. The SMILES string of the molecule is CC(=O)N(CC(=O)N1CCN(c2ncccn2)CC1)c1ccccc1Cl. The summed E-state index contributed by atoms with van der Waals surface area (Å²) >= 11 is 6.18. The van der Waals surface area contributed by atoms with Gasteiger partial charge in [-0.2, -0.15) is 0 Å². The van der Waals surface area contributed by atoms with Crippen LogP contribution in [0.25, 0.3) is 0 Å². The Hall–Kier alpha value is -2.67. The molecule has 2 aromatic rings. The Balaban J connectivity index is 1.63. The molecule has 0 unspecified atom stereocenters. The molecule has 136 valence electrons. The van der Waals surface area contributed by atoms with E-state index in [0.717, 1.165) is 0 Å². The van der Waals surface area contributed by atoms with Crippen molar-refractivity contribution in [2.24, 2.45) is 0 Å². The van der Waals surface area contributed by atoms with Crippen molar-refractivity contribution >= 4 is 35.1 Å². The summed E-state index contributed by atoms with van der Waals surface area (Å²) < 4.78 is 0. The summed E-state index contributed by atoms with van der Waals surface area (Å²) in [6.07, 6.45) is 3.41. The smallest absolute Gasteiger partial charge is 0.242 e. The van der Waals surface area contributed by atoms with Gasteiger partial charge in [-0.3, -0.25) is 9.59 Å². The molecule has 2 amide bonds. The fourth-order valence-electron chi connectivity index (χ4n) is 2.88. The zero-order valence-corrected chi connectivity index (χ0v) is 15.3. The Morgan fingerprint density at radius 3 is 2.35 bits per heavy atom. The number of anilines is 2. The van der Waals surface area contributed by atoms with E-state index in [4.69, 9.17) is 11.6 Å². The van der Waals surface area contributed by atoms with E-state index in [1.807, 2.05) is 4.90 Å². The van der Waals surface area contributed by atoms with Crippen LogP contribution in [-0.4, -0.2) is 59.4 Å². The molecule has 0 bridgehead atoms. The van der Waals surface area contributed by atoms with Crippen molar-refractivity contribution < 1.29 is 9.59 Å². The highest BCUT2D eigenvalue weighted by Crippen LogP contribution is 2.25. The number of carbonyl (C=O) groups is 2. The number of nitrogens with zero attached hydrogens (tertiary/aromatic N) is 5. The summed E-state index contributed by atoms with van der Waals surface area (Å²) in [7, 11) is 0. The highest BCUT2D eigenvalue weighted by molar-refractivity contribution is 6.33. The van der Waals surface area contributed by atoms with Crippen LogP contribution in [0.4, 0.5) is 11.6 Å². The second-order valence-electron chi connectivity index (χ2n) is 5.97. The zero-order chi connectivity index (χ0) is 18.5. The fraction of sp³-hybridized carbons (Fsp3) is 0.333. The lowest BCUT2D eigenvalue weighted by Crippen LogP contribution is -2.52. The predicted molar refractivity (Wildman–Crippen MR) is 100 cm³/mol. The molecule has 7 nitrogen and oxygen atoms in total. The maximum Gasteiger partial charge on any atom is 0.242 e. The first kappa shape index (κ1) is 18.1.